The second-order valence-electron chi connectivity index (χ2n) is 3.59. The second-order valence-corrected chi connectivity index (χ2v) is 3.59. The molecular weight excluding hydrogens is 223 g/mol. The van der Waals surface area contributed by atoms with E-state index in [9.17, 15) is 9.18 Å². The van der Waals surface area contributed by atoms with Crippen LogP contribution in [-0.2, 0) is 4.79 Å². The molecule has 6 heteroatoms. The molecule has 0 heterocycles. The summed E-state index contributed by atoms with van der Waals surface area (Å²) < 4.78 is 11.9. The van der Waals surface area contributed by atoms with Gasteiger partial charge in [0.15, 0.2) is 5.96 Å². The summed E-state index contributed by atoms with van der Waals surface area (Å²) in [6.45, 7) is 4.28. The van der Waals surface area contributed by atoms with Crippen LogP contribution in [0.1, 0.15) is 6.42 Å². The fourth-order valence-electron chi connectivity index (χ4n) is 0.905. The molecule has 0 aliphatic rings. The first-order valence-corrected chi connectivity index (χ1v) is 5.51. The van der Waals surface area contributed by atoms with E-state index >= 15 is 0 Å². The highest BCUT2D eigenvalue weighted by Gasteiger charge is 2.03. The summed E-state index contributed by atoms with van der Waals surface area (Å²) in [6.07, 6.45) is 2.09. The van der Waals surface area contributed by atoms with Crippen LogP contribution in [0.4, 0.5) is 4.39 Å². The monoisotopic (exact) mass is 244 g/mol. The number of carbonyl (C=O) groups excluding carboxylic acids is 1. The van der Waals surface area contributed by atoms with Crippen LogP contribution >= 0.6 is 0 Å². The van der Waals surface area contributed by atoms with Crippen LogP contribution in [0, 0.1) is 0 Å². The Bertz CT molecular complexity index is 266. The quantitative estimate of drug-likeness (QED) is 0.290. The highest BCUT2D eigenvalue weighted by molar-refractivity contribution is 5.84. The van der Waals surface area contributed by atoms with Crippen molar-refractivity contribution in [2.45, 2.75) is 6.42 Å². The number of hydrogen-bond acceptors (Lipinski definition) is 2. The molecule has 0 fully saturated rings. The van der Waals surface area contributed by atoms with Crippen LogP contribution in [0.5, 0.6) is 0 Å². The highest BCUT2D eigenvalue weighted by Crippen LogP contribution is 1.83. The Morgan fingerprint density at radius 3 is 2.71 bits per heavy atom. The molecule has 0 aliphatic heterocycles. The van der Waals surface area contributed by atoms with Crippen molar-refractivity contribution in [1.29, 1.82) is 0 Å². The maximum atomic E-state index is 11.9. The molecule has 0 rings (SSSR count). The Kier molecular flexibility index (Phi) is 8.72. The molecule has 98 valence electrons. The third kappa shape index (κ3) is 8.24. The van der Waals surface area contributed by atoms with Gasteiger partial charge in [-0.25, -0.2) is 4.99 Å². The minimum atomic E-state index is -0.377. The van der Waals surface area contributed by atoms with Gasteiger partial charge in [-0.1, -0.05) is 6.08 Å². The van der Waals surface area contributed by atoms with Gasteiger partial charge in [-0.2, -0.15) is 0 Å². The van der Waals surface area contributed by atoms with Crippen LogP contribution in [0.3, 0.4) is 0 Å². The molecular formula is C11H21FN4O. The van der Waals surface area contributed by atoms with Gasteiger partial charge in [-0.15, -0.1) is 6.58 Å². The maximum absolute atomic E-state index is 11.9. The lowest BCUT2D eigenvalue weighted by Gasteiger charge is -2.12. The predicted molar refractivity (Wildman–Crippen MR) is 67.8 cm³/mol. The fourth-order valence-corrected chi connectivity index (χ4v) is 0.905. The summed E-state index contributed by atoms with van der Waals surface area (Å²) in [5.41, 5.74) is 0. The van der Waals surface area contributed by atoms with Crippen molar-refractivity contribution in [2.24, 2.45) is 4.99 Å². The summed E-state index contributed by atoms with van der Waals surface area (Å²) >= 11 is 0. The van der Waals surface area contributed by atoms with Gasteiger partial charge in [0.1, 0.15) is 6.54 Å². The number of nitrogens with zero attached hydrogens (tertiary/aromatic N) is 2. The van der Waals surface area contributed by atoms with Crippen LogP contribution in [0.15, 0.2) is 17.6 Å². The van der Waals surface area contributed by atoms with E-state index in [1.165, 1.54) is 4.90 Å². The molecule has 17 heavy (non-hydrogen) atoms. The van der Waals surface area contributed by atoms with Crippen molar-refractivity contribution < 1.29 is 9.18 Å². The molecule has 0 aliphatic carbocycles. The van der Waals surface area contributed by atoms with Gasteiger partial charge >= 0.3 is 0 Å². The molecule has 0 radical (unpaired) electrons. The normalized spacial score (nSPS) is 10.9. The number of aliphatic imine (C=N–C) groups is 1. The summed E-state index contributed by atoms with van der Waals surface area (Å²) in [4.78, 5) is 16.9. The van der Waals surface area contributed by atoms with Crippen molar-refractivity contribution >= 4 is 11.9 Å². The number of hydrogen-bond donors (Lipinski definition) is 2. The lowest BCUT2D eigenvalue weighted by molar-refractivity contribution is -0.127. The van der Waals surface area contributed by atoms with Crippen LogP contribution in [-0.4, -0.2) is 57.2 Å². The summed E-state index contributed by atoms with van der Waals surface area (Å²) in [5.74, 6) is 0.406. The van der Waals surface area contributed by atoms with E-state index < -0.39 is 0 Å². The molecule has 0 unspecified atom stereocenters. The minimum Gasteiger partial charge on any atom is -0.356 e. The predicted octanol–water partition coefficient (Wildman–Crippen LogP) is 0.155. The van der Waals surface area contributed by atoms with Gasteiger partial charge in [-0.05, 0) is 6.42 Å². The molecule has 0 bridgehead atoms. The number of alkyl halides is 1. The first kappa shape index (κ1) is 15.4. The maximum Gasteiger partial charge on any atom is 0.243 e. The lowest BCUT2D eigenvalue weighted by Crippen LogP contribution is -2.39. The zero-order valence-corrected chi connectivity index (χ0v) is 10.5. The number of likely N-dealkylation sites (N-methyl/N-ethyl adjacent to an activating group) is 1. The fraction of sp³-hybridized carbons (Fsp3) is 0.636. The highest BCUT2D eigenvalue weighted by atomic mass is 19.1. The van der Waals surface area contributed by atoms with Gasteiger partial charge in [-0.3, -0.25) is 9.18 Å². The zero-order chi connectivity index (χ0) is 13.1. The Morgan fingerprint density at radius 2 is 2.18 bits per heavy atom. The Hall–Kier alpha value is -1.59. The van der Waals surface area contributed by atoms with Crippen molar-refractivity contribution in [3.8, 4) is 0 Å². The first-order valence-electron chi connectivity index (χ1n) is 5.51. The molecule has 5 nitrogen and oxygen atoms in total. The van der Waals surface area contributed by atoms with Crippen molar-refractivity contribution in [1.82, 2.24) is 15.5 Å². The van der Waals surface area contributed by atoms with Crippen molar-refractivity contribution in [3.63, 3.8) is 0 Å². The number of nitrogens with one attached hydrogen (secondary N) is 2. The third-order valence-electron chi connectivity index (χ3n) is 1.89. The summed E-state index contributed by atoms with van der Waals surface area (Å²) in [5, 5.41) is 5.88. The van der Waals surface area contributed by atoms with E-state index in [0.717, 1.165) is 0 Å². The molecule has 0 atom stereocenters. The number of rotatable bonds is 7. The van der Waals surface area contributed by atoms with E-state index in [0.29, 0.717) is 25.5 Å². The van der Waals surface area contributed by atoms with E-state index in [1.807, 2.05) is 0 Å². The second kappa shape index (κ2) is 9.62. The number of amides is 1. The van der Waals surface area contributed by atoms with Gasteiger partial charge in [0.2, 0.25) is 5.91 Å². The average Bonchev–Trinajstić information content (AvgIpc) is 2.31. The Labute approximate surface area is 102 Å². The minimum absolute atomic E-state index is 0.0646. The van der Waals surface area contributed by atoms with Gasteiger partial charge in [0.05, 0.1) is 6.67 Å². The van der Waals surface area contributed by atoms with Crippen LogP contribution < -0.4 is 10.6 Å². The zero-order valence-electron chi connectivity index (χ0n) is 10.5. The molecule has 2 N–H and O–H groups in total. The summed E-state index contributed by atoms with van der Waals surface area (Å²) in [6, 6.07) is 0. The third-order valence-corrected chi connectivity index (χ3v) is 1.89. The van der Waals surface area contributed by atoms with E-state index in [4.69, 9.17) is 0 Å². The molecule has 0 aromatic rings. The topological polar surface area (TPSA) is 56.7 Å². The Morgan fingerprint density at radius 1 is 1.47 bits per heavy atom. The van der Waals surface area contributed by atoms with Crippen LogP contribution in [0.2, 0.25) is 0 Å². The van der Waals surface area contributed by atoms with Gasteiger partial charge in [0.25, 0.3) is 0 Å². The number of guanidine groups is 1. The van der Waals surface area contributed by atoms with Crippen LogP contribution in [0.25, 0.3) is 0 Å². The molecule has 0 saturated heterocycles. The van der Waals surface area contributed by atoms with Gasteiger partial charge < -0.3 is 15.5 Å². The molecule has 0 spiro atoms. The van der Waals surface area contributed by atoms with Crippen molar-refractivity contribution in [3.05, 3.63) is 12.7 Å². The average molecular weight is 244 g/mol. The number of carbonyl (C=O) groups is 1. The smallest absolute Gasteiger partial charge is 0.243 e. The molecule has 0 aromatic carbocycles. The largest absolute Gasteiger partial charge is 0.356 e. The summed E-state index contributed by atoms with van der Waals surface area (Å²) in [7, 11) is 3.34. The number of halogens is 1. The lowest BCUT2D eigenvalue weighted by atomic mass is 10.4. The first-order chi connectivity index (χ1) is 8.11. The molecule has 1 amide bonds. The standard InChI is InChI=1S/C11H21FN4O/c1-4-7-13-11(14-8-5-6-12)15-9-10(17)16(2)3/h4H,1,5-9H2,2-3H3,(H2,13,14,15). The van der Waals surface area contributed by atoms with E-state index in [1.54, 1.807) is 20.2 Å². The van der Waals surface area contributed by atoms with Gasteiger partial charge in [0, 0.05) is 27.2 Å². The van der Waals surface area contributed by atoms with E-state index in [-0.39, 0.29) is 19.1 Å². The van der Waals surface area contributed by atoms with Crippen molar-refractivity contribution in [2.75, 3.05) is 40.4 Å². The SMILES string of the molecule is C=CCNC(=NCC(=O)N(C)C)NCCCF. The Balaban J connectivity index is 4.18. The molecule has 0 saturated carbocycles. The van der Waals surface area contributed by atoms with E-state index in [2.05, 4.69) is 22.2 Å². The molecule has 0 aromatic heterocycles.